The van der Waals surface area contributed by atoms with Gasteiger partial charge in [0, 0.05) is 5.92 Å². The Morgan fingerprint density at radius 2 is 2.27 bits per heavy atom. The second-order valence-corrected chi connectivity index (χ2v) is 4.21. The monoisotopic (exact) mass is 206 g/mol. The highest BCUT2D eigenvalue weighted by molar-refractivity contribution is 5.67. The molecule has 2 unspecified atom stereocenters. The smallest absolute Gasteiger partial charge is 0.303 e. The van der Waals surface area contributed by atoms with Gasteiger partial charge in [0.1, 0.15) is 0 Å². The molecular formula is C12H14O3. The van der Waals surface area contributed by atoms with Gasteiger partial charge in [-0.3, -0.25) is 4.79 Å². The summed E-state index contributed by atoms with van der Waals surface area (Å²) in [4.78, 5) is 10.6. The maximum absolute atomic E-state index is 10.6. The molecule has 0 saturated heterocycles. The predicted molar refractivity (Wildman–Crippen MR) is 55.6 cm³/mol. The molecule has 3 nitrogen and oxygen atoms in total. The molecule has 15 heavy (non-hydrogen) atoms. The molecule has 0 spiro atoms. The van der Waals surface area contributed by atoms with Gasteiger partial charge >= 0.3 is 5.97 Å². The molecule has 2 rings (SSSR count). The van der Waals surface area contributed by atoms with E-state index in [-0.39, 0.29) is 12.3 Å². The molecule has 1 aromatic rings. The zero-order valence-electron chi connectivity index (χ0n) is 8.60. The Hall–Kier alpha value is -1.35. The molecule has 0 bridgehead atoms. The number of carboxylic acids is 1. The molecular weight excluding hydrogens is 192 g/mol. The lowest BCUT2D eigenvalue weighted by molar-refractivity contribution is -0.139. The van der Waals surface area contributed by atoms with Crippen LogP contribution in [0.2, 0.25) is 0 Å². The molecule has 0 radical (unpaired) electrons. The van der Waals surface area contributed by atoms with Crippen LogP contribution in [0.1, 0.15) is 29.2 Å². The molecule has 3 heteroatoms. The molecule has 0 aliphatic heterocycles. The van der Waals surface area contributed by atoms with E-state index in [9.17, 15) is 9.90 Å². The quantitative estimate of drug-likeness (QED) is 0.774. The fourth-order valence-electron chi connectivity index (χ4n) is 2.26. The molecule has 2 N–H and O–H groups in total. The zero-order chi connectivity index (χ0) is 11.0. The van der Waals surface area contributed by atoms with Crippen molar-refractivity contribution >= 4 is 5.97 Å². The average molecular weight is 206 g/mol. The number of rotatable bonds is 2. The van der Waals surface area contributed by atoms with Gasteiger partial charge in [-0.05, 0) is 24.5 Å². The van der Waals surface area contributed by atoms with Crippen LogP contribution in [0.4, 0.5) is 0 Å². The molecule has 1 aliphatic rings. The van der Waals surface area contributed by atoms with Gasteiger partial charge in [-0.15, -0.1) is 0 Å². The van der Waals surface area contributed by atoms with Crippen molar-refractivity contribution in [1.82, 2.24) is 0 Å². The minimum absolute atomic E-state index is 0.0366. The predicted octanol–water partition coefficient (Wildman–Crippen LogP) is 1.68. The molecule has 0 amide bonds. The summed E-state index contributed by atoms with van der Waals surface area (Å²) in [5.41, 5.74) is 3.14. The van der Waals surface area contributed by atoms with E-state index in [0.29, 0.717) is 6.42 Å². The normalized spacial score (nSPS) is 23.9. The molecule has 0 heterocycles. The van der Waals surface area contributed by atoms with Gasteiger partial charge < -0.3 is 10.2 Å². The Bertz CT molecular complexity index is 398. The van der Waals surface area contributed by atoms with E-state index in [0.717, 1.165) is 16.7 Å². The van der Waals surface area contributed by atoms with Gasteiger partial charge in [0.25, 0.3) is 0 Å². The molecule has 0 saturated carbocycles. The third kappa shape index (κ3) is 1.88. The molecule has 1 aromatic carbocycles. The number of aliphatic hydroxyl groups excluding tert-OH is 1. The minimum Gasteiger partial charge on any atom is -0.481 e. The third-order valence-corrected chi connectivity index (χ3v) is 2.98. The van der Waals surface area contributed by atoms with Gasteiger partial charge in [-0.2, -0.15) is 0 Å². The standard InChI is InChI=1S/C12H14O3/c1-7-2-3-10-8(4-7)5-9(12(10)15)6-11(13)14/h2-4,9,12,15H,5-6H2,1H3,(H,13,14). The Morgan fingerprint density at radius 1 is 1.53 bits per heavy atom. The fourth-order valence-corrected chi connectivity index (χ4v) is 2.26. The van der Waals surface area contributed by atoms with E-state index in [1.54, 1.807) is 0 Å². The van der Waals surface area contributed by atoms with E-state index in [4.69, 9.17) is 5.11 Å². The summed E-state index contributed by atoms with van der Waals surface area (Å²) >= 11 is 0. The topological polar surface area (TPSA) is 57.5 Å². The lowest BCUT2D eigenvalue weighted by Crippen LogP contribution is -2.12. The Balaban J connectivity index is 2.25. The van der Waals surface area contributed by atoms with Crippen molar-refractivity contribution in [3.8, 4) is 0 Å². The number of carbonyl (C=O) groups is 1. The highest BCUT2D eigenvalue weighted by Gasteiger charge is 2.32. The Morgan fingerprint density at radius 3 is 2.93 bits per heavy atom. The average Bonchev–Trinajstić information content (AvgIpc) is 2.42. The van der Waals surface area contributed by atoms with Crippen molar-refractivity contribution in [3.63, 3.8) is 0 Å². The van der Waals surface area contributed by atoms with E-state index in [1.807, 2.05) is 25.1 Å². The van der Waals surface area contributed by atoms with Crippen molar-refractivity contribution in [2.45, 2.75) is 25.9 Å². The Kier molecular flexibility index (Phi) is 2.49. The van der Waals surface area contributed by atoms with Crippen LogP contribution >= 0.6 is 0 Å². The largest absolute Gasteiger partial charge is 0.481 e. The van der Waals surface area contributed by atoms with Crippen LogP contribution in [0.3, 0.4) is 0 Å². The summed E-state index contributed by atoms with van der Waals surface area (Å²) < 4.78 is 0. The SMILES string of the molecule is Cc1ccc2c(c1)CC(CC(=O)O)C2O. The van der Waals surface area contributed by atoms with Gasteiger partial charge in [-0.1, -0.05) is 23.8 Å². The van der Waals surface area contributed by atoms with Crippen LogP contribution in [0.15, 0.2) is 18.2 Å². The lowest BCUT2D eigenvalue weighted by atomic mass is 10.00. The van der Waals surface area contributed by atoms with E-state index in [2.05, 4.69) is 0 Å². The van der Waals surface area contributed by atoms with Crippen molar-refractivity contribution in [2.75, 3.05) is 0 Å². The van der Waals surface area contributed by atoms with Crippen LogP contribution in [-0.4, -0.2) is 16.2 Å². The third-order valence-electron chi connectivity index (χ3n) is 2.98. The number of hydrogen-bond acceptors (Lipinski definition) is 2. The summed E-state index contributed by atoms with van der Waals surface area (Å²) in [5.74, 6) is -1.01. The molecule has 0 aromatic heterocycles. The van der Waals surface area contributed by atoms with E-state index < -0.39 is 12.1 Å². The maximum atomic E-state index is 10.6. The van der Waals surface area contributed by atoms with Crippen LogP contribution in [0, 0.1) is 12.8 Å². The zero-order valence-corrected chi connectivity index (χ0v) is 8.60. The number of hydrogen-bond donors (Lipinski definition) is 2. The first-order valence-corrected chi connectivity index (χ1v) is 5.07. The second kappa shape index (κ2) is 3.66. The van der Waals surface area contributed by atoms with Gasteiger partial charge in [0.05, 0.1) is 12.5 Å². The number of carboxylic acid groups (broad SMARTS) is 1. The summed E-state index contributed by atoms with van der Waals surface area (Å²) in [6.07, 6.45) is 0.0935. The number of aryl methyl sites for hydroxylation is 1. The van der Waals surface area contributed by atoms with Crippen molar-refractivity contribution in [3.05, 3.63) is 34.9 Å². The molecule has 2 atom stereocenters. The number of aliphatic hydroxyl groups is 1. The number of aliphatic carboxylic acids is 1. The highest BCUT2D eigenvalue weighted by atomic mass is 16.4. The molecule has 80 valence electrons. The van der Waals surface area contributed by atoms with Gasteiger partial charge in [0.15, 0.2) is 0 Å². The Labute approximate surface area is 88.4 Å². The number of benzene rings is 1. The summed E-state index contributed by atoms with van der Waals surface area (Å²) in [6.45, 7) is 2.00. The first kappa shape index (κ1) is 10.2. The van der Waals surface area contributed by atoms with Crippen LogP contribution in [0.25, 0.3) is 0 Å². The maximum Gasteiger partial charge on any atom is 0.303 e. The van der Waals surface area contributed by atoms with E-state index >= 15 is 0 Å². The van der Waals surface area contributed by atoms with Gasteiger partial charge in [-0.25, -0.2) is 0 Å². The summed E-state index contributed by atoms with van der Waals surface area (Å²) in [6, 6.07) is 5.88. The van der Waals surface area contributed by atoms with Crippen molar-refractivity contribution < 1.29 is 15.0 Å². The van der Waals surface area contributed by atoms with Crippen LogP contribution in [0.5, 0.6) is 0 Å². The molecule has 1 aliphatic carbocycles. The first-order valence-electron chi connectivity index (χ1n) is 5.07. The summed E-state index contributed by atoms with van der Waals surface area (Å²) in [7, 11) is 0. The summed E-state index contributed by atoms with van der Waals surface area (Å²) in [5, 5.41) is 18.6. The lowest BCUT2D eigenvalue weighted by Gasteiger charge is -2.11. The van der Waals surface area contributed by atoms with Gasteiger partial charge in [0.2, 0.25) is 0 Å². The van der Waals surface area contributed by atoms with E-state index in [1.165, 1.54) is 0 Å². The second-order valence-electron chi connectivity index (χ2n) is 4.21. The number of fused-ring (bicyclic) bond motifs is 1. The van der Waals surface area contributed by atoms with Crippen LogP contribution < -0.4 is 0 Å². The fraction of sp³-hybridized carbons (Fsp3) is 0.417. The minimum atomic E-state index is -0.844. The van der Waals surface area contributed by atoms with Crippen LogP contribution in [-0.2, 0) is 11.2 Å². The highest BCUT2D eigenvalue weighted by Crippen LogP contribution is 2.38. The first-order chi connectivity index (χ1) is 7.08. The van der Waals surface area contributed by atoms with Crippen molar-refractivity contribution in [2.24, 2.45) is 5.92 Å². The molecule has 0 fully saturated rings. The van der Waals surface area contributed by atoms with Crippen molar-refractivity contribution in [1.29, 1.82) is 0 Å².